The summed E-state index contributed by atoms with van der Waals surface area (Å²) in [5.74, 6) is -0.288. The van der Waals surface area contributed by atoms with E-state index in [0.717, 1.165) is 23.8 Å². The van der Waals surface area contributed by atoms with Crippen molar-refractivity contribution in [1.82, 2.24) is 9.97 Å². The molecule has 13 heteroatoms. The third kappa shape index (κ3) is 5.25. The number of nitrogens with zero attached hydrogens (tertiary/aromatic N) is 4. The second-order valence-electron chi connectivity index (χ2n) is 9.80. The van der Waals surface area contributed by atoms with Gasteiger partial charge in [0.2, 0.25) is 15.0 Å². The molecule has 3 aliphatic rings. The minimum absolute atomic E-state index is 0.00116. The van der Waals surface area contributed by atoms with Crippen molar-refractivity contribution in [1.29, 1.82) is 0 Å². The molecule has 0 unspecified atom stereocenters. The maximum Gasteiger partial charge on any atom is 0.355 e. The van der Waals surface area contributed by atoms with Crippen molar-refractivity contribution in [3.63, 3.8) is 0 Å². The fraction of sp³-hybridized carbons (Fsp3) is 0.462. The lowest BCUT2D eigenvalue weighted by Crippen LogP contribution is -2.38. The molecule has 2 N–H and O–H groups in total. The molecule has 0 saturated carbocycles. The van der Waals surface area contributed by atoms with E-state index in [1.54, 1.807) is 6.92 Å². The topological polar surface area (TPSA) is 137 Å². The molecule has 2 aromatic rings. The number of hydrogen-bond donors (Lipinski definition) is 1. The van der Waals surface area contributed by atoms with Crippen LogP contribution < -0.4 is 10.6 Å². The van der Waals surface area contributed by atoms with E-state index in [0.29, 0.717) is 60.2 Å². The van der Waals surface area contributed by atoms with Gasteiger partial charge in [-0.15, -0.1) is 0 Å². The summed E-state index contributed by atoms with van der Waals surface area (Å²) in [6.07, 6.45) is 3.61. The first kappa shape index (κ1) is 27.8. The number of esters is 1. The molecule has 0 radical (unpaired) electrons. The fourth-order valence-electron chi connectivity index (χ4n) is 5.34. The van der Waals surface area contributed by atoms with Gasteiger partial charge in [-0.25, -0.2) is 23.2 Å². The van der Waals surface area contributed by atoms with Crippen LogP contribution in [0.4, 0.5) is 5.82 Å². The quantitative estimate of drug-likeness (QED) is 0.315. The van der Waals surface area contributed by atoms with Gasteiger partial charge < -0.3 is 20.1 Å². The zero-order valence-corrected chi connectivity index (χ0v) is 24.0. The van der Waals surface area contributed by atoms with Gasteiger partial charge in [0.25, 0.3) is 0 Å². The smallest absolute Gasteiger partial charge is 0.355 e. The van der Waals surface area contributed by atoms with Crippen molar-refractivity contribution in [2.45, 2.75) is 50.0 Å². The number of aromatic nitrogens is 2. The first-order valence-corrected chi connectivity index (χ1v) is 15.3. The highest BCUT2D eigenvalue weighted by molar-refractivity contribution is 7.90. The Bertz CT molecular complexity index is 1510. The highest BCUT2D eigenvalue weighted by Crippen LogP contribution is 2.48. The Labute approximate surface area is 237 Å². The average Bonchev–Trinajstić information content (AvgIpc) is 3.08. The number of rotatable bonds is 5. The molecule has 1 aliphatic carbocycles. The Balaban J connectivity index is 1.55. The van der Waals surface area contributed by atoms with Crippen LogP contribution in [0.25, 0.3) is 0 Å². The fourth-order valence-corrected chi connectivity index (χ4v) is 6.34. The predicted molar refractivity (Wildman–Crippen MR) is 148 cm³/mol. The number of fused-ring (bicyclic) bond motifs is 3. The third-order valence-electron chi connectivity index (χ3n) is 7.23. The Hall–Kier alpha value is -2.73. The van der Waals surface area contributed by atoms with Crippen LogP contribution in [0.15, 0.2) is 39.1 Å². The van der Waals surface area contributed by atoms with Gasteiger partial charge in [0, 0.05) is 36.4 Å². The maximum atomic E-state index is 12.7. The van der Waals surface area contributed by atoms with E-state index >= 15 is 0 Å². The number of hydrogen-bond acceptors (Lipinski definition) is 10. The molecule has 1 aromatic carbocycles. The summed E-state index contributed by atoms with van der Waals surface area (Å²) in [7, 11) is -3.73. The van der Waals surface area contributed by atoms with E-state index in [1.165, 1.54) is 0 Å². The number of sulfone groups is 1. The van der Waals surface area contributed by atoms with E-state index in [1.807, 2.05) is 23.1 Å². The van der Waals surface area contributed by atoms with Crippen LogP contribution in [0.1, 0.15) is 42.1 Å². The minimum atomic E-state index is -3.73. The van der Waals surface area contributed by atoms with Gasteiger partial charge in [-0.3, -0.25) is 4.99 Å². The van der Waals surface area contributed by atoms with Crippen molar-refractivity contribution in [2.24, 2.45) is 10.7 Å². The SMILES string of the molecule is CCOC(=O)/C(N)=C(\Cl)C1=NCCCN(c2nc(S(C)(=O)=O)nc3c2CO[C@@]2(CCc4c(Cl)cccc42)C3)C1. The number of anilines is 1. The molecule has 5 rings (SSSR count). The maximum absolute atomic E-state index is 12.7. The molecule has 10 nitrogen and oxygen atoms in total. The molecule has 0 bridgehead atoms. The lowest BCUT2D eigenvalue weighted by atomic mass is 9.87. The molecule has 0 fully saturated rings. The molecular formula is C26H29Cl2N5O5S. The van der Waals surface area contributed by atoms with E-state index in [9.17, 15) is 13.2 Å². The number of carbonyl (C=O) groups excluding carboxylic acids is 1. The van der Waals surface area contributed by atoms with Crippen LogP contribution in [0.5, 0.6) is 0 Å². The third-order valence-corrected chi connectivity index (χ3v) is 8.85. The van der Waals surface area contributed by atoms with Gasteiger partial charge in [0.1, 0.15) is 11.5 Å². The molecule has 1 atom stereocenters. The summed E-state index contributed by atoms with van der Waals surface area (Å²) in [5, 5.41) is 0.441. The van der Waals surface area contributed by atoms with Gasteiger partial charge in [-0.2, -0.15) is 0 Å². The molecule has 208 valence electrons. The van der Waals surface area contributed by atoms with E-state index in [-0.39, 0.29) is 35.6 Å². The molecule has 2 aliphatic heterocycles. The van der Waals surface area contributed by atoms with Crippen LogP contribution in [-0.2, 0) is 49.2 Å². The monoisotopic (exact) mass is 593 g/mol. The average molecular weight is 595 g/mol. The highest BCUT2D eigenvalue weighted by Gasteiger charge is 2.45. The summed E-state index contributed by atoms with van der Waals surface area (Å²) >= 11 is 13.0. The zero-order valence-electron chi connectivity index (χ0n) is 21.7. The lowest BCUT2D eigenvalue weighted by molar-refractivity contribution is -0.138. The van der Waals surface area contributed by atoms with Crippen molar-refractivity contribution in [3.8, 4) is 0 Å². The number of halogens is 2. The number of benzene rings is 1. The second-order valence-corrected chi connectivity index (χ2v) is 12.5. The Kier molecular flexibility index (Phi) is 7.62. The van der Waals surface area contributed by atoms with Crippen molar-refractivity contribution in [2.75, 3.05) is 37.4 Å². The molecule has 1 aromatic heterocycles. The Morgan fingerprint density at radius 2 is 2.08 bits per heavy atom. The molecule has 39 heavy (non-hydrogen) atoms. The standard InChI is InChI=1S/C26H29Cl2N5O5S/c1-3-37-24(34)22(29)21(28)20-13-33(11-5-10-30-20)23-16-14-38-26(9-8-15-17(26)6-4-7-18(15)27)12-19(16)31-25(32-23)39(2,35)36/h4,6-7H,3,5,8-14,29H2,1-2H3/b22-21+/t26-/m0/s1. The normalized spacial score (nSPS) is 21.5. The number of aliphatic imine (C=N–C) groups is 1. The number of ether oxygens (including phenoxy) is 2. The van der Waals surface area contributed by atoms with Gasteiger partial charge in [-0.05, 0) is 43.4 Å². The Morgan fingerprint density at radius 1 is 1.28 bits per heavy atom. The number of nitrogens with two attached hydrogens (primary N) is 1. The zero-order chi connectivity index (χ0) is 27.9. The molecule has 0 amide bonds. The van der Waals surface area contributed by atoms with Gasteiger partial charge in [0.15, 0.2) is 0 Å². The van der Waals surface area contributed by atoms with Crippen LogP contribution in [0.2, 0.25) is 5.02 Å². The van der Waals surface area contributed by atoms with Crippen LogP contribution in [-0.4, -0.2) is 62.6 Å². The molecule has 1 spiro atoms. The highest BCUT2D eigenvalue weighted by atomic mass is 35.5. The largest absolute Gasteiger partial charge is 0.461 e. The van der Waals surface area contributed by atoms with E-state index < -0.39 is 21.4 Å². The van der Waals surface area contributed by atoms with Crippen LogP contribution >= 0.6 is 23.2 Å². The second kappa shape index (κ2) is 10.7. The van der Waals surface area contributed by atoms with Crippen molar-refractivity contribution < 1.29 is 22.7 Å². The molecule has 0 saturated heterocycles. The molecular weight excluding hydrogens is 565 g/mol. The first-order chi connectivity index (χ1) is 18.5. The van der Waals surface area contributed by atoms with Crippen molar-refractivity contribution in [3.05, 3.63) is 56.3 Å². The van der Waals surface area contributed by atoms with Crippen LogP contribution in [0.3, 0.4) is 0 Å². The number of carbonyl (C=O) groups is 1. The van der Waals surface area contributed by atoms with E-state index in [4.69, 9.17) is 38.4 Å². The summed E-state index contributed by atoms with van der Waals surface area (Å²) in [4.78, 5) is 27.6. The summed E-state index contributed by atoms with van der Waals surface area (Å²) in [6.45, 7) is 3.15. The minimum Gasteiger partial charge on any atom is -0.461 e. The first-order valence-electron chi connectivity index (χ1n) is 12.7. The summed E-state index contributed by atoms with van der Waals surface area (Å²) < 4.78 is 36.8. The van der Waals surface area contributed by atoms with Gasteiger partial charge in [-0.1, -0.05) is 35.3 Å². The predicted octanol–water partition coefficient (Wildman–Crippen LogP) is 3.07. The Morgan fingerprint density at radius 3 is 2.82 bits per heavy atom. The van der Waals surface area contributed by atoms with Gasteiger partial charge in [0.05, 0.1) is 41.8 Å². The van der Waals surface area contributed by atoms with Crippen molar-refractivity contribution >= 4 is 50.5 Å². The van der Waals surface area contributed by atoms with Crippen LogP contribution in [0, 0.1) is 0 Å². The van der Waals surface area contributed by atoms with Gasteiger partial charge >= 0.3 is 5.97 Å². The molecule has 3 heterocycles. The summed E-state index contributed by atoms with van der Waals surface area (Å²) in [5.41, 5.74) is 8.87. The van der Waals surface area contributed by atoms with E-state index in [2.05, 4.69) is 15.0 Å². The summed E-state index contributed by atoms with van der Waals surface area (Å²) in [6, 6.07) is 5.78. The lowest BCUT2D eigenvalue weighted by Gasteiger charge is -2.37.